The van der Waals surface area contributed by atoms with Gasteiger partial charge in [0.05, 0.1) is 41.3 Å². The Morgan fingerprint density at radius 3 is 2.47 bits per heavy atom. The Bertz CT molecular complexity index is 1280. The van der Waals surface area contributed by atoms with E-state index in [1.165, 1.54) is 0 Å². The van der Waals surface area contributed by atoms with Crippen molar-refractivity contribution in [2.24, 2.45) is 0 Å². The number of aromatic nitrogens is 5. The van der Waals surface area contributed by atoms with Crippen molar-refractivity contribution in [3.05, 3.63) is 63.9 Å². The average molecular weight is 497 g/mol. The number of nitrogens with zero attached hydrogens (tertiary/aromatic N) is 4. The predicted octanol–water partition coefficient (Wildman–Crippen LogP) is 4.31. The lowest BCUT2D eigenvalue weighted by atomic mass is 10.2. The van der Waals surface area contributed by atoms with Crippen LogP contribution in [0.1, 0.15) is 21.7 Å². The van der Waals surface area contributed by atoms with Gasteiger partial charge in [0.15, 0.2) is 5.82 Å². The van der Waals surface area contributed by atoms with E-state index in [0.717, 1.165) is 21.5 Å². The molecule has 10 heteroatoms. The molecule has 0 atom stereocenters. The summed E-state index contributed by atoms with van der Waals surface area (Å²) in [5.41, 5.74) is 3.92. The van der Waals surface area contributed by atoms with Crippen LogP contribution < -0.4 is 14.8 Å². The molecule has 2 heterocycles. The number of hydrogen-bond donors (Lipinski definition) is 2. The van der Waals surface area contributed by atoms with Crippen LogP contribution in [-0.4, -0.2) is 45.1 Å². The van der Waals surface area contributed by atoms with Gasteiger partial charge in [-0.1, -0.05) is 0 Å². The highest BCUT2D eigenvalue weighted by Gasteiger charge is 2.15. The van der Waals surface area contributed by atoms with Gasteiger partial charge in [-0.05, 0) is 66.2 Å². The van der Waals surface area contributed by atoms with Crippen LogP contribution >= 0.6 is 15.9 Å². The Hall–Kier alpha value is -3.66. The summed E-state index contributed by atoms with van der Waals surface area (Å²) in [4.78, 5) is 17.0. The zero-order valence-corrected chi connectivity index (χ0v) is 19.5. The van der Waals surface area contributed by atoms with Gasteiger partial charge in [0.2, 0.25) is 5.95 Å². The lowest BCUT2D eigenvalue weighted by Crippen LogP contribution is -2.13. The molecule has 164 valence electrons. The number of carbonyl (C=O) groups is 1. The van der Waals surface area contributed by atoms with Gasteiger partial charge in [-0.25, -0.2) is 4.68 Å². The van der Waals surface area contributed by atoms with E-state index in [2.05, 4.69) is 41.5 Å². The maximum atomic E-state index is 12.7. The average Bonchev–Trinajstić information content (AvgIpc) is 3.38. The summed E-state index contributed by atoms with van der Waals surface area (Å²) in [5, 5.41) is 14.1. The second-order valence-corrected chi connectivity index (χ2v) is 7.76. The summed E-state index contributed by atoms with van der Waals surface area (Å²) in [6.07, 6.45) is 0. The van der Waals surface area contributed by atoms with E-state index in [9.17, 15) is 4.79 Å². The molecule has 4 rings (SSSR count). The standard InChI is InChI=1S/C22H21BrN6O3/c1-12-19(23)13(2)29(28-12)15-7-5-14(6-8-15)21(30)25-22-24-20(26-27-22)17-10-9-16(31-3)11-18(17)32-4/h5-11H,1-4H3,(H2,24,25,26,27,30). The van der Waals surface area contributed by atoms with E-state index in [1.54, 1.807) is 44.6 Å². The van der Waals surface area contributed by atoms with Crippen molar-refractivity contribution in [1.29, 1.82) is 0 Å². The summed E-state index contributed by atoms with van der Waals surface area (Å²) in [6.45, 7) is 3.91. The molecule has 2 N–H and O–H groups in total. The van der Waals surface area contributed by atoms with Crippen molar-refractivity contribution in [2.75, 3.05) is 19.5 Å². The largest absolute Gasteiger partial charge is 0.497 e. The molecular formula is C22H21BrN6O3. The van der Waals surface area contributed by atoms with Gasteiger partial charge in [0, 0.05) is 11.6 Å². The van der Waals surface area contributed by atoms with Crippen molar-refractivity contribution in [1.82, 2.24) is 25.0 Å². The minimum absolute atomic E-state index is 0.162. The molecule has 0 aliphatic rings. The van der Waals surface area contributed by atoms with E-state index in [4.69, 9.17) is 9.47 Å². The highest BCUT2D eigenvalue weighted by atomic mass is 79.9. The van der Waals surface area contributed by atoms with E-state index < -0.39 is 0 Å². The molecule has 2 aromatic carbocycles. The lowest BCUT2D eigenvalue weighted by Gasteiger charge is -2.08. The SMILES string of the molecule is COc1ccc(-c2nc(NC(=O)c3ccc(-n4nc(C)c(Br)c4C)cc3)n[nH]2)c(OC)c1. The van der Waals surface area contributed by atoms with E-state index in [1.807, 2.05) is 30.7 Å². The number of anilines is 1. The molecule has 0 saturated carbocycles. The third-order valence-corrected chi connectivity index (χ3v) is 6.10. The zero-order chi connectivity index (χ0) is 22.8. The van der Waals surface area contributed by atoms with Crippen LogP contribution in [0.25, 0.3) is 17.1 Å². The number of carbonyl (C=O) groups excluding carboxylic acids is 1. The van der Waals surface area contributed by atoms with Crippen molar-refractivity contribution in [3.8, 4) is 28.6 Å². The first-order valence-corrected chi connectivity index (χ1v) is 10.5. The van der Waals surface area contributed by atoms with Crippen molar-refractivity contribution in [3.63, 3.8) is 0 Å². The first-order valence-electron chi connectivity index (χ1n) is 9.69. The molecular weight excluding hydrogens is 476 g/mol. The highest BCUT2D eigenvalue weighted by molar-refractivity contribution is 9.10. The monoisotopic (exact) mass is 496 g/mol. The molecule has 32 heavy (non-hydrogen) atoms. The van der Waals surface area contributed by atoms with E-state index in [-0.39, 0.29) is 11.9 Å². The van der Waals surface area contributed by atoms with Gasteiger partial charge in [-0.15, -0.1) is 5.10 Å². The van der Waals surface area contributed by atoms with Gasteiger partial charge < -0.3 is 9.47 Å². The number of aryl methyl sites for hydroxylation is 1. The van der Waals surface area contributed by atoms with Gasteiger partial charge in [0.1, 0.15) is 11.5 Å². The van der Waals surface area contributed by atoms with Crippen LogP contribution in [0, 0.1) is 13.8 Å². The molecule has 2 aromatic heterocycles. The third kappa shape index (κ3) is 4.09. The summed E-state index contributed by atoms with van der Waals surface area (Å²) < 4.78 is 13.4. The Morgan fingerprint density at radius 1 is 1.09 bits per heavy atom. The van der Waals surface area contributed by atoms with Gasteiger partial charge in [-0.2, -0.15) is 10.1 Å². The van der Waals surface area contributed by atoms with Gasteiger partial charge >= 0.3 is 0 Å². The number of ether oxygens (including phenoxy) is 2. The van der Waals surface area contributed by atoms with Crippen molar-refractivity contribution < 1.29 is 14.3 Å². The minimum Gasteiger partial charge on any atom is -0.497 e. The molecule has 1 amide bonds. The fourth-order valence-electron chi connectivity index (χ4n) is 3.24. The number of amides is 1. The molecule has 0 unspecified atom stereocenters. The Morgan fingerprint density at radius 2 is 1.84 bits per heavy atom. The molecule has 0 fully saturated rings. The smallest absolute Gasteiger partial charge is 0.258 e. The third-order valence-electron chi connectivity index (χ3n) is 4.95. The molecule has 0 aliphatic heterocycles. The number of methoxy groups -OCH3 is 2. The molecule has 0 radical (unpaired) electrons. The number of benzene rings is 2. The molecule has 0 saturated heterocycles. The summed E-state index contributed by atoms with van der Waals surface area (Å²) in [6, 6.07) is 12.5. The summed E-state index contributed by atoms with van der Waals surface area (Å²) in [7, 11) is 3.14. The Balaban J connectivity index is 1.50. The number of H-pyrrole nitrogens is 1. The summed E-state index contributed by atoms with van der Waals surface area (Å²) >= 11 is 3.53. The quantitative estimate of drug-likeness (QED) is 0.411. The predicted molar refractivity (Wildman–Crippen MR) is 124 cm³/mol. The van der Waals surface area contributed by atoms with Gasteiger partial charge in [-0.3, -0.25) is 15.2 Å². The fourth-order valence-corrected chi connectivity index (χ4v) is 3.48. The number of halogens is 1. The van der Waals surface area contributed by atoms with Crippen LogP contribution in [0.2, 0.25) is 0 Å². The maximum Gasteiger partial charge on any atom is 0.258 e. The number of aromatic amines is 1. The number of hydrogen-bond acceptors (Lipinski definition) is 6. The number of rotatable bonds is 6. The van der Waals surface area contributed by atoms with Crippen molar-refractivity contribution >= 4 is 27.8 Å². The molecule has 4 aromatic rings. The van der Waals surface area contributed by atoms with E-state index in [0.29, 0.717) is 28.5 Å². The first kappa shape index (κ1) is 21.6. The first-order chi connectivity index (χ1) is 15.4. The lowest BCUT2D eigenvalue weighted by molar-refractivity contribution is 0.102. The highest BCUT2D eigenvalue weighted by Crippen LogP contribution is 2.31. The van der Waals surface area contributed by atoms with Crippen LogP contribution in [0.3, 0.4) is 0 Å². The molecule has 0 bridgehead atoms. The maximum absolute atomic E-state index is 12.7. The number of nitrogens with one attached hydrogen (secondary N) is 2. The fraction of sp³-hybridized carbons (Fsp3) is 0.182. The van der Waals surface area contributed by atoms with Crippen LogP contribution in [0.15, 0.2) is 46.9 Å². The van der Waals surface area contributed by atoms with Crippen LogP contribution in [0.5, 0.6) is 11.5 Å². The topological polar surface area (TPSA) is 107 Å². The van der Waals surface area contributed by atoms with Crippen molar-refractivity contribution in [2.45, 2.75) is 13.8 Å². The molecule has 0 aliphatic carbocycles. The molecule has 0 spiro atoms. The normalized spacial score (nSPS) is 10.8. The second kappa shape index (κ2) is 8.83. The zero-order valence-electron chi connectivity index (χ0n) is 17.9. The van der Waals surface area contributed by atoms with Crippen LogP contribution in [0.4, 0.5) is 5.95 Å². The molecule has 9 nitrogen and oxygen atoms in total. The summed E-state index contributed by atoms with van der Waals surface area (Å²) in [5.74, 6) is 1.54. The second-order valence-electron chi connectivity index (χ2n) is 6.97. The minimum atomic E-state index is -0.321. The van der Waals surface area contributed by atoms with E-state index >= 15 is 0 Å². The Labute approximate surface area is 192 Å². The van der Waals surface area contributed by atoms with Crippen LogP contribution in [-0.2, 0) is 0 Å². The Kier molecular flexibility index (Phi) is 5.95. The van der Waals surface area contributed by atoms with Gasteiger partial charge in [0.25, 0.3) is 5.91 Å².